The van der Waals surface area contributed by atoms with Crippen LogP contribution in [0.1, 0.15) is 58.3 Å². The van der Waals surface area contributed by atoms with Crippen molar-refractivity contribution in [3.05, 3.63) is 81.6 Å². The minimum absolute atomic E-state index is 0.0947. The highest BCUT2D eigenvalue weighted by Gasteiger charge is 2.19. The maximum atomic E-state index is 12.3. The molecule has 0 aliphatic rings. The standard InChI is InChI=1S/C24H27ClN4O3/c1-15-20(21(25)29(5)28-15)23(31)27-26-22(30)17-8-6-16(7-9-17)14-32-19-12-10-18(11-13-19)24(2,3)4/h6-13H,14H2,1-5H3,(H,26,30)(H,27,31). The number of carbonyl (C=O) groups excluding carboxylic acids is 2. The Bertz CT molecular complexity index is 1110. The van der Waals surface area contributed by atoms with E-state index in [1.165, 1.54) is 10.2 Å². The van der Waals surface area contributed by atoms with Crippen LogP contribution in [-0.2, 0) is 19.1 Å². The van der Waals surface area contributed by atoms with Crippen molar-refractivity contribution < 1.29 is 14.3 Å². The summed E-state index contributed by atoms with van der Waals surface area (Å²) < 4.78 is 7.23. The predicted octanol–water partition coefficient (Wildman–Crippen LogP) is 4.33. The number of amides is 2. The monoisotopic (exact) mass is 454 g/mol. The Kier molecular flexibility index (Phi) is 6.89. The Balaban J connectivity index is 1.53. The van der Waals surface area contributed by atoms with Crippen molar-refractivity contribution >= 4 is 23.4 Å². The molecule has 32 heavy (non-hydrogen) atoms. The number of carbonyl (C=O) groups is 2. The molecule has 0 saturated heterocycles. The van der Waals surface area contributed by atoms with Crippen molar-refractivity contribution in [1.29, 1.82) is 0 Å². The lowest BCUT2D eigenvalue weighted by molar-refractivity contribution is 0.0846. The molecular formula is C24H27ClN4O3. The highest BCUT2D eigenvalue weighted by atomic mass is 35.5. The summed E-state index contributed by atoms with van der Waals surface area (Å²) in [5, 5.41) is 4.28. The van der Waals surface area contributed by atoms with Gasteiger partial charge in [0, 0.05) is 12.6 Å². The van der Waals surface area contributed by atoms with E-state index in [0.717, 1.165) is 11.3 Å². The lowest BCUT2D eigenvalue weighted by Gasteiger charge is -2.19. The summed E-state index contributed by atoms with van der Waals surface area (Å²) in [6.45, 7) is 8.55. The van der Waals surface area contributed by atoms with Crippen LogP contribution in [0.3, 0.4) is 0 Å². The lowest BCUT2D eigenvalue weighted by Crippen LogP contribution is -2.41. The van der Waals surface area contributed by atoms with Gasteiger partial charge in [-0.2, -0.15) is 5.10 Å². The van der Waals surface area contributed by atoms with E-state index in [0.29, 0.717) is 17.9 Å². The molecule has 2 aromatic carbocycles. The van der Waals surface area contributed by atoms with Crippen molar-refractivity contribution in [2.75, 3.05) is 0 Å². The molecule has 3 rings (SSSR count). The number of hydrogen-bond acceptors (Lipinski definition) is 4. The number of rotatable bonds is 5. The molecule has 1 heterocycles. The minimum Gasteiger partial charge on any atom is -0.489 e. The number of ether oxygens (including phenoxy) is 1. The average Bonchev–Trinajstić information content (AvgIpc) is 3.01. The zero-order chi connectivity index (χ0) is 23.5. The number of hydrogen-bond donors (Lipinski definition) is 2. The number of benzene rings is 2. The van der Waals surface area contributed by atoms with Crippen LogP contribution >= 0.6 is 11.6 Å². The Morgan fingerprint density at radius 3 is 2.12 bits per heavy atom. The first-order chi connectivity index (χ1) is 15.1. The number of aryl methyl sites for hydroxylation is 2. The Morgan fingerprint density at radius 1 is 1.00 bits per heavy atom. The van der Waals surface area contributed by atoms with E-state index in [9.17, 15) is 9.59 Å². The van der Waals surface area contributed by atoms with E-state index in [1.54, 1.807) is 26.1 Å². The predicted molar refractivity (Wildman–Crippen MR) is 124 cm³/mol. The van der Waals surface area contributed by atoms with Gasteiger partial charge >= 0.3 is 0 Å². The van der Waals surface area contributed by atoms with Crippen molar-refractivity contribution in [2.24, 2.45) is 7.05 Å². The van der Waals surface area contributed by atoms with E-state index < -0.39 is 11.8 Å². The first-order valence-corrected chi connectivity index (χ1v) is 10.6. The molecule has 2 N–H and O–H groups in total. The van der Waals surface area contributed by atoms with Crippen molar-refractivity contribution in [3.8, 4) is 5.75 Å². The molecule has 0 saturated carbocycles. The number of aromatic nitrogens is 2. The molecule has 2 amide bonds. The summed E-state index contributed by atoms with van der Waals surface area (Å²) in [6.07, 6.45) is 0. The largest absolute Gasteiger partial charge is 0.489 e. The number of nitrogens with one attached hydrogen (secondary N) is 2. The Morgan fingerprint density at radius 2 is 1.59 bits per heavy atom. The molecule has 0 aliphatic carbocycles. The van der Waals surface area contributed by atoms with Gasteiger partial charge in [-0.1, -0.05) is 56.6 Å². The molecule has 0 atom stereocenters. The van der Waals surface area contributed by atoms with Gasteiger partial charge in [-0.3, -0.25) is 25.1 Å². The fourth-order valence-corrected chi connectivity index (χ4v) is 3.37. The Labute approximate surface area is 192 Å². The molecule has 0 spiro atoms. The van der Waals surface area contributed by atoms with E-state index >= 15 is 0 Å². The van der Waals surface area contributed by atoms with Crippen LogP contribution < -0.4 is 15.6 Å². The third-order valence-corrected chi connectivity index (χ3v) is 5.44. The molecule has 3 aromatic rings. The van der Waals surface area contributed by atoms with E-state index in [-0.39, 0.29) is 16.1 Å². The van der Waals surface area contributed by atoms with Crippen molar-refractivity contribution in [3.63, 3.8) is 0 Å². The van der Waals surface area contributed by atoms with Crippen LogP contribution in [0.25, 0.3) is 0 Å². The van der Waals surface area contributed by atoms with Crippen LogP contribution in [0.2, 0.25) is 5.15 Å². The van der Waals surface area contributed by atoms with E-state index in [4.69, 9.17) is 16.3 Å². The van der Waals surface area contributed by atoms with Gasteiger partial charge in [0.2, 0.25) is 0 Å². The van der Waals surface area contributed by atoms with E-state index in [1.807, 2.05) is 24.3 Å². The fourth-order valence-electron chi connectivity index (χ4n) is 3.11. The molecule has 0 radical (unpaired) electrons. The summed E-state index contributed by atoms with van der Waals surface area (Å²) in [5.41, 5.74) is 8.11. The fraction of sp³-hybridized carbons (Fsp3) is 0.292. The van der Waals surface area contributed by atoms with Crippen LogP contribution in [0, 0.1) is 6.92 Å². The molecule has 1 aromatic heterocycles. The molecule has 0 bridgehead atoms. The molecule has 8 heteroatoms. The smallest absolute Gasteiger partial charge is 0.274 e. The average molecular weight is 455 g/mol. The van der Waals surface area contributed by atoms with Crippen molar-refractivity contribution in [2.45, 2.75) is 39.7 Å². The van der Waals surface area contributed by atoms with Gasteiger partial charge in [0.25, 0.3) is 11.8 Å². The molecule has 0 fully saturated rings. The summed E-state index contributed by atoms with van der Waals surface area (Å²) in [5.74, 6) is -0.190. The van der Waals surface area contributed by atoms with E-state index in [2.05, 4.69) is 48.9 Å². The second-order valence-electron chi connectivity index (χ2n) is 8.54. The van der Waals surface area contributed by atoms with Crippen LogP contribution in [0.15, 0.2) is 48.5 Å². The van der Waals surface area contributed by atoms with Gasteiger partial charge in [0.05, 0.1) is 5.69 Å². The first-order valence-electron chi connectivity index (χ1n) is 10.2. The summed E-state index contributed by atoms with van der Waals surface area (Å²) in [7, 11) is 1.64. The maximum Gasteiger partial charge on any atom is 0.274 e. The minimum atomic E-state index is -0.531. The third kappa shape index (κ3) is 5.48. The number of halogens is 1. The normalized spacial score (nSPS) is 11.2. The van der Waals surface area contributed by atoms with Gasteiger partial charge in [0.1, 0.15) is 23.1 Å². The quantitative estimate of drug-likeness (QED) is 0.562. The van der Waals surface area contributed by atoms with Gasteiger partial charge in [-0.15, -0.1) is 0 Å². The SMILES string of the molecule is Cc1nn(C)c(Cl)c1C(=O)NNC(=O)c1ccc(COc2ccc(C(C)(C)C)cc2)cc1. The summed E-state index contributed by atoms with van der Waals surface area (Å²) >= 11 is 6.08. The van der Waals surface area contributed by atoms with Crippen molar-refractivity contribution in [1.82, 2.24) is 20.6 Å². The highest BCUT2D eigenvalue weighted by molar-refractivity contribution is 6.33. The zero-order valence-electron chi connectivity index (χ0n) is 18.8. The molecule has 7 nitrogen and oxygen atoms in total. The zero-order valence-corrected chi connectivity index (χ0v) is 19.6. The topological polar surface area (TPSA) is 85.3 Å². The second kappa shape index (κ2) is 9.44. The molecular weight excluding hydrogens is 428 g/mol. The number of nitrogens with zero attached hydrogens (tertiary/aromatic N) is 2. The number of hydrazine groups is 1. The van der Waals surface area contributed by atoms with Crippen LogP contribution in [-0.4, -0.2) is 21.6 Å². The van der Waals surface area contributed by atoms with Gasteiger partial charge in [-0.05, 0) is 47.7 Å². The second-order valence-corrected chi connectivity index (χ2v) is 8.90. The van der Waals surface area contributed by atoms with Gasteiger partial charge in [-0.25, -0.2) is 0 Å². The molecule has 0 aliphatic heterocycles. The van der Waals surface area contributed by atoms with Crippen LogP contribution in [0.4, 0.5) is 0 Å². The molecule has 0 unspecified atom stereocenters. The third-order valence-electron chi connectivity index (χ3n) is 5.01. The maximum absolute atomic E-state index is 12.3. The first kappa shape index (κ1) is 23.3. The highest BCUT2D eigenvalue weighted by Crippen LogP contribution is 2.24. The summed E-state index contributed by atoms with van der Waals surface area (Å²) in [4.78, 5) is 24.7. The van der Waals surface area contributed by atoms with Gasteiger partial charge < -0.3 is 4.74 Å². The van der Waals surface area contributed by atoms with Gasteiger partial charge in [0.15, 0.2) is 0 Å². The summed E-state index contributed by atoms with van der Waals surface area (Å²) in [6, 6.07) is 15.0. The Hall–Kier alpha value is -3.32. The molecule has 168 valence electrons. The lowest BCUT2D eigenvalue weighted by atomic mass is 9.87. The van der Waals surface area contributed by atoms with Crippen LogP contribution in [0.5, 0.6) is 5.75 Å².